The number of rotatable bonds is 3. The van der Waals surface area contributed by atoms with Gasteiger partial charge in [-0.15, -0.1) is 0 Å². The Bertz CT molecular complexity index is 928. The number of benzene rings is 1. The minimum absolute atomic E-state index is 0.126. The van der Waals surface area contributed by atoms with E-state index in [0.717, 1.165) is 43.1 Å². The Hall–Kier alpha value is -2.58. The number of nitrogens with one attached hydrogen (secondary N) is 2. The van der Waals surface area contributed by atoms with Gasteiger partial charge in [-0.2, -0.15) is 0 Å². The van der Waals surface area contributed by atoms with Crippen molar-refractivity contribution < 1.29 is 19.2 Å². The Kier molecular flexibility index (Phi) is 4.91. The first-order chi connectivity index (χ1) is 14.5. The van der Waals surface area contributed by atoms with E-state index in [1.165, 1.54) is 12.8 Å². The fourth-order valence-corrected chi connectivity index (χ4v) is 5.45. The number of nitrogens with zero attached hydrogens (tertiary/aromatic N) is 2. The van der Waals surface area contributed by atoms with Crippen molar-refractivity contribution in [2.75, 3.05) is 19.6 Å². The van der Waals surface area contributed by atoms with Crippen LogP contribution in [0.5, 0.6) is 0 Å². The fraction of sp³-hybridized carbons (Fsp3) is 0.545. The van der Waals surface area contributed by atoms with E-state index in [1.54, 1.807) is 6.07 Å². The number of imide groups is 2. The lowest BCUT2D eigenvalue weighted by Gasteiger charge is -2.44. The Balaban J connectivity index is 1.36. The number of likely N-dealkylation sites (tertiary alicyclic amines) is 1. The quantitative estimate of drug-likeness (QED) is 0.711. The lowest BCUT2D eigenvalue weighted by atomic mass is 9.84. The van der Waals surface area contributed by atoms with Crippen LogP contribution in [0.3, 0.4) is 0 Å². The molecule has 0 bridgehead atoms. The molecule has 1 aromatic rings. The van der Waals surface area contributed by atoms with E-state index >= 15 is 0 Å². The van der Waals surface area contributed by atoms with Gasteiger partial charge in [0.2, 0.25) is 11.8 Å². The fourth-order valence-electron chi connectivity index (χ4n) is 5.45. The van der Waals surface area contributed by atoms with Crippen molar-refractivity contribution in [3.8, 4) is 0 Å². The molecule has 4 heterocycles. The van der Waals surface area contributed by atoms with Crippen LogP contribution in [-0.4, -0.2) is 65.1 Å². The summed E-state index contributed by atoms with van der Waals surface area (Å²) in [6.07, 6.45) is 3.87. The molecule has 3 saturated heterocycles. The summed E-state index contributed by atoms with van der Waals surface area (Å²) >= 11 is 0. The third-order valence-electron chi connectivity index (χ3n) is 6.95. The molecule has 3 atom stereocenters. The predicted octanol–water partition coefficient (Wildman–Crippen LogP) is 0.662. The summed E-state index contributed by atoms with van der Waals surface area (Å²) in [5.41, 5.74) is 1.71. The number of hydrogen-bond donors (Lipinski definition) is 2. The van der Waals surface area contributed by atoms with Gasteiger partial charge in [0.05, 0.1) is 11.1 Å². The van der Waals surface area contributed by atoms with Gasteiger partial charge in [-0.05, 0) is 68.9 Å². The van der Waals surface area contributed by atoms with Gasteiger partial charge in [-0.3, -0.25) is 34.3 Å². The third-order valence-corrected chi connectivity index (χ3v) is 6.95. The van der Waals surface area contributed by atoms with Gasteiger partial charge < -0.3 is 5.32 Å². The maximum Gasteiger partial charge on any atom is 0.262 e. The molecule has 8 nitrogen and oxygen atoms in total. The summed E-state index contributed by atoms with van der Waals surface area (Å²) in [4.78, 5) is 53.0. The van der Waals surface area contributed by atoms with Crippen molar-refractivity contribution >= 4 is 23.6 Å². The van der Waals surface area contributed by atoms with Crippen molar-refractivity contribution in [1.29, 1.82) is 0 Å². The highest BCUT2D eigenvalue weighted by atomic mass is 16.2. The smallest absolute Gasteiger partial charge is 0.262 e. The molecule has 4 aliphatic heterocycles. The van der Waals surface area contributed by atoms with E-state index in [-0.39, 0.29) is 18.7 Å². The molecule has 0 aromatic heterocycles. The number of carbonyl (C=O) groups excluding carboxylic acids is 4. The second-order valence-corrected chi connectivity index (χ2v) is 8.76. The predicted molar refractivity (Wildman–Crippen MR) is 108 cm³/mol. The third kappa shape index (κ3) is 3.24. The van der Waals surface area contributed by atoms with Gasteiger partial charge in [0.1, 0.15) is 6.04 Å². The zero-order valence-corrected chi connectivity index (χ0v) is 16.9. The molecule has 0 aliphatic carbocycles. The summed E-state index contributed by atoms with van der Waals surface area (Å²) in [6.45, 7) is 3.91. The first-order valence-electron chi connectivity index (χ1n) is 10.8. The SMILES string of the molecule is O=C1CCC(N2C(=O)c3ccc(CN4CCCC5CNCCC54)cc3C2=O)C(=O)N1. The first kappa shape index (κ1) is 19.4. The second kappa shape index (κ2) is 7.59. The van der Waals surface area contributed by atoms with E-state index in [0.29, 0.717) is 23.1 Å². The minimum atomic E-state index is -0.920. The van der Waals surface area contributed by atoms with Crippen LogP contribution in [0.2, 0.25) is 0 Å². The molecule has 2 N–H and O–H groups in total. The highest BCUT2D eigenvalue weighted by Crippen LogP contribution is 2.31. The van der Waals surface area contributed by atoms with Crippen LogP contribution in [0, 0.1) is 5.92 Å². The van der Waals surface area contributed by atoms with Gasteiger partial charge in [0.15, 0.2) is 0 Å². The molecule has 158 valence electrons. The number of carbonyl (C=O) groups is 4. The van der Waals surface area contributed by atoms with Crippen LogP contribution < -0.4 is 10.6 Å². The zero-order valence-electron chi connectivity index (χ0n) is 16.9. The number of fused-ring (bicyclic) bond motifs is 2. The first-order valence-corrected chi connectivity index (χ1v) is 10.8. The molecule has 30 heavy (non-hydrogen) atoms. The summed E-state index contributed by atoms with van der Waals surface area (Å²) in [5, 5.41) is 5.72. The van der Waals surface area contributed by atoms with Crippen LogP contribution in [0.25, 0.3) is 0 Å². The summed E-state index contributed by atoms with van der Waals surface area (Å²) < 4.78 is 0. The van der Waals surface area contributed by atoms with E-state index in [4.69, 9.17) is 0 Å². The molecular weight excluding hydrogens is 384 g/mol. The zero-order chi connectivity index (χ0) is 20.8. The van der Waals surface area contributed by atoms with Crippen LogP contribution >= 0.6 is 0 Å². The maximum atomic E-state index is 13.0. The molecule has 4 aliphatic rings. The average molecular weight is 410 g/mol. The largest absolute Gasteiger partial charge is 0.316 e. The molecular formula is C22H26N4O4. The van der Waals surface area contributed by atoms with Crippen molar-refractivity contribution in [1.82, 2.24) is 20.4 Å². The van der Waals surface area contributed by atoms with Crippen LogP contribution in [0.4, 0.5) is 0 Å². The molecule has 3 unspecified atom stereocenters. The van der Waals surface area contributed by atoms with Crippen LogP contribution in [0.1, 0.15) is 58.4 Å². The van der Waals surface area contributed by atoms with Crippen LogP contribution in [0.15, 0.2) is 18.2 Å². The maximum absolute atomic E-state index is 13.0. The normalized spacial score (nSPS) is 29.6. The number of piperidine rings is 3. The molecule has 4 amide bonds. The molecule has 5 rings (SSSR count). The Morgan fingerprint density at radius 2 is 1.83 bits per heavy atom. The van der Waals surface area contributed by atoms with Gasteiger partial charge in [0.25, 0.3) is 11.8 Å². The Morgan fingerprint density at radius 3 is 2.67 bits per heavy atom. The molecule has 0 saturated carbocycles. The van der Waals surface area contributed by atoms with Crippen molar-refractivity contribution in [2.45, 2.75) is 50.7 Å². The summed E-state index contributed by atoms with van der Waals surface area (Å²) in [7, 11) is 0. The lowest BCUT2D eigenvalue weighted by molar-refractivity contribution is -0.136. The van der Waals surface area contributed by atoms with Gasteiger partial charge in [0, 0.05) is 19.0 Å². The molecule has 1 aromatic carbocycles. The molecule has 3 fully saturated rings. The highest BCUT2D eigenvalue weighted by molar-refractivity contribution is 6.23. The standard InChI is InChI=1S/C22H26N4O4/c27-19-6-5-18(20(28)24-19)26-21(29)15-4-3-13(10-16(15)22(26)30)12-25-9-1-2-14-11-23-8-7-17(14)25/h3-4,10,14,17-18,23H,1-2,5-9,11-12H2,(H,24,27,28). The average Bonchev–Trinajstić information content (AvgIpc) is 2.99. The molecule has 8 heteroatoms. The van der Waals surface area contributed by atoms with E-state index < -0.39 is 23.8 Å². The monoisotopic (exact) mass is 410 g/mol. The molecule has 0 radical (unpaired) electrons. The van der Waals surface area contributed by atoms with Crippen molar-refractivity contribution in [3.63, 3.8) is 0 Å². The van der Waals surface area contributed by atoms with Gasteiger partial charge in [-0.1, -0.05) is 6.07 Å². The van der Waals surface area contributed by atoms with E-state index in [1.807, 2.05) is 12.1 Å². The topological polar surface area (TPSA) is 98.8 Å². The molecule has 0 spiro atoms. The summed E-state index contributed by atoms with van der Waals surface area (Å²) in [6, 6.07) is 5.08. The minimum Gasteiger partial charge on any atom is -0.316 e. The van der Waals surface area contributed by atoms with Crippen molar-refractivity contribution in [3.05, 3.63) is 34.9 Å². The van der Waals surface area contributed by atoms with Crippen molar-refractivity contribution in [2.24, 2.45) is 5.92 Å². The highest BCUT2D eigenvalue weighted by Gasteiger charge is 2.44. The number of hydrogen-bond acceptors (Lipinski definition) is 6. The van der Waals surface area contributed by atoms with Crippen LogP contribution in [-0.2, 0) is 16.1 Å². The number of amides is 4. The lowest BCUT2D eigenvalue weighted by Crippen LogP contribution is -2.54. The van der Waals surface area contributed by atoms with E-state index in [2.05, 4.69) is 15.5 Å². The summed E-state index contributed by atoms with van der Waals surface area (Å²) in [5.74, 6) is -1.16. The van der Waals surface area contributed by atoms with E-state index in [9.17, 15) is 19.2 Å². The van der Waals surface area contributed by atoms with Gasteiger partial charge >= 0.3 is 0 Å². The van der Waals surface area contributed by atoms with Gasteiger partial charge in [-0.25, -0.2) is 0 Å². The Morgan fingerprint density at radius 1 is 1.00 bits per heavy atom. The second-order valence-electron chi connectivity index (χ2n) is 8.76. The Labute approximate surface area is 175 Å².